The van der Waals surface area contributed by atoms with E-state index in [-0.39, 0.29) is 39.2 Å². The van der Waals surface area contributed by atoms with E-state index >= 15 is 0 Å². The number of aromatic nitrogens is 1. The summed E-state index contributed by atoms with van der Waals surface area (Å²) in [6, 6.07) is 11.4. The van der Waals surface area contributed by atoms with Crippen molar-refractivity contribution in [1.29, 1.82) is 0 Å². The molecule has 2 aromatic carbocycles. The van der Waals surface area contributed by atoms with E-state index in [9.17, 15) is 23.2 Å². The van der Waals surface area contributed by atoms with Crippen LogP contribution in [0.5, 0.6) is 11.5 Å². The fourth-order valence-corrected chi connectivity index (χ4v) is 4.81. The van der Waals surface area contributed by atoms with Crippen LogP contribution in [0.1, 0.15) is 40.4 Å². The Balaban J connectivity index is 0.00000104. The predicted molar refractivity (Wildman–Crippen MR) is 155 cm³/mol. The number of esters is 1. The fourth-order valence-electron chi connectivity index (χ4n) is 4.28. The molecule has 45 heavy (non-hydrogen) atoms. The number of carbonyl (C=O) groups excluding carboxylic acids is 3. The molecule has 2 aliphatic rings. The van der Waals surface area contributed by atoms with Crippen LogP contribution in [-0.4, -0.2) is 51.5 Å². The van der Waals surface area contributed by atoms with Crippen molar-refractivity contribution in [1.82, 2.24) is 0 Å². The second-order valence-electron chi connectivity index (χ2n) is 9.76. The number of alkyl halides is 2. The van der Waals surface area contributed by atoms with Gasteiger partial charge in [-0.15, -0.1) is 6.07 Å². The number of pyridine rings is 1. The van der Waals surface area contributed by atoms with Crippen molar-refractivity contribution in [2.24, 2.45) is 5.92 Å². The third kappa shape index (κ3) is 9.81. The van der Waals surface area contributed by atoms with Gasteiger partial charge in [0, 0.05) is 12.0 Å². The summed E-state index contributed by atoms with van der Waals surface area (Å²) in [6.07, 6.45) is 3.96. The number of nitrogens with zero attached hydrogens (tertiary/aromatic N) is 2. The van der Waals surface area contributed by atoms with Gasteiger partial charge in [-0.1, -0.05) is 40.5 Å². The van der Waals surface area contributed by atoms with Crippen molar-refractivity contribution in [3.05, 3.63) is 86.9 Å². The Morgan fingerprint density at radius 1 is 1.13 bits per heavy atom. The van der Waals surface area contributed by atoms with Gasteiger partial charge in [0.1, 0.15) is 22.7 Å². The molecule has 1 aliphatic heterocycles. The quantitative estimate of drug-likeness (QED) is 0.141. The zero-order chi connectivity index (χ0) is 33.1. The molecule has 1 aromatic heterocycles. The van der Waals surface area contributed by atoms with E-state index in [0.717, 1.165) is 17.7 Å². The molecular weight excluding hydrogens is 813 g/mol. The molecule has 0 unspecified atom stereocenters. The zero-order valence-electron chi connectivity index (χ0n) is 24.0. The molecule has 1 saturated carbocycles. The Bertz CT molecular complexity index is 1490. The van der Waals surface area contributed by atoms with Crippen molar-refractivity contribution in [2.75, 3.05) is 32.1 Å². The number of hydrogen-bond donors (Lipinski definition) is 0. The third-order valence-electron chi connectivity index (χ3n) is 6.49. The maximum absolute atomic E-state index is 13.2. The Kier molecular flexibility index (Phi) is 13.9. The Morgan fingerprint density at radius 2 is 1.80 bits per heavy atom. The first-order valence-electron chi connectivity index (χ1n) is 13.4. The number of H-pyrrole nitrogens is 1. The van der Waals surface area contributed by atoms with Crippen molar-refractivity contribution < 1.29 is 64.5 Å². The van der Waals surface area contributed by atoms with E-state index in [2.05, 4.69) is 21.1 Å². The summed E-state index contributed by atoms with van der Waals surface area (Å²) < 4.78 is 50.6. The number of rotatable bonds is 11. The maximum atomic E-state index is 13.2. The first-order chi connectivity index (χ1) is 21.6. The summed E-state index contributed by atoms with van der Waals surface area (Å²) in [5, 5.41) is 4.06. The zero-order valence-corrected chi connectivity index (χ0v) is 28.1. The molecule has 0 bridgehead atoms. The molecule has 242 valence electrons. The Hall–Kier alpha value is -3.36. The average Bonchev–Trinajstić information content (AvgIpc) is 3.82. The Labute approximate surface area is 278 Å². The van der Waals surface area contributed by atoms with Gasteiger partial charge in [0.15, 0.2) is 29.7 Å². The van der Waals surface area contributed by atoms with Crippen molar-refractivity contribution >= 4 is 46.5 Å². The van der Waals surface area contributed by atoms with E-state index in [0.29, 0.717) is 42.2 Å². The van der Waals surface area contributed by atoms with Crippen LogP contribution in [0.4, 0.5) is 14.5 Å². The van der Waals surface area contributed by atoms with Gasteiger partial charge >= 0.3 is 34.7 Å². The number of aromatic amines is 1. The molecule has 3 aromatic rings. The average molecular weight is 842 g/mol. The third-order valence-corrected chi connectivity index (χ3v) is 7.16. The van der Waals surface area contributed by atoms with E-state index < -0.39 is 36.9 Å². The molecule has 0 radical (unpaired) electrons. The van der Waals surface area contributed by atoms with Crippen LogP contribution in [0, 0.1) is 12.0 Å². The van der Waals surface area contributed by atoms with Gasteiger partial charge in [0.2, 0.25) is 0 Å². The number of benzene rings is 2. The van der Waals surface area contributed by atoms with Crippen LogP contribution in [0.15, 0.2) is 48.8 Å². The van der Waals surface area contributed by atoms with Crippen LogP contribution in [0.2, 0.25) is 10.0 Å². The van der Waals surface area contributed by atoms with Crippen LogP contribution < -0.4 is 19.4 Å². The number of fused-ring (bicyclic) bond motifs is 1. The summed E-state index contributed by atoms with van der Waals surface area (Å²) in [6.45, 7) is -3.29. The van der Waals surface area contributed by atoms with Gasteiger partial charge < -0.3 is 24.4 Å². The van der Waals surface area contributed by atoms with Crippen LogP contribution >= 0.6 is 23.2 Å². The number of carbonyl (C=O) groups is 3. The van der Waals surface area contributed by atoms with Crippen molar-refractivity contribution in [2.45, 2.75) is 32.0 Å². The minimum atomic E-state index is -3.07. The number of ether oxygens (including phenoxy) is 3. The fraction of sp³-hybridized carbons (Fsp3) is 0.333. The second-order valence-corrected chi connectivity index (χ2v) is 10.6. The SMILES string of the molecule is C[N-]C.O=C(CN1C(=O)C(=O)c2c[c-]ccc21)O[C@@H](Cc1c(Cl)c[nH+]cc1Cl)c1ccc(OC(F)F)c(OCC2CC2)c1.[O]=[Os]. The number of ketones is 1. The molecule has 1 aliphatic carbocycles. The van der Waals surface area contributed by atoms with Gasteiger partial charge in [0.05, 0.1) is 6.61 Å². The van der Waals surface area contributed by atoms with E-state index in [4.69, 9.17) is 36.2 Å². The number of hydrogen-bond acceptors (Lipinski definition) is 7. The molecule has 5 rings (SSSR count). The minimum absolute atomic E-state index is 0.00757. The molecule has 10 nitrogen and oxygen atoms in total. The molecule has 0 saturated heterocycles. The van der Waals surface area contributed by atoms with Crippen LogP contribution in [0.3, 0.4) is 0 Å². The van der Waals surface area contributed by atoms with Gasteiger partial charge in [-0.05, 0) is 36.5 Å². The Morgan fingerprint density at radius 3 is 2.42 bits per heavy atom. The topological polar surface area (TPSA) is 127 Å². The van der Waals surface area contributed by atoms with E-state index in [1.165, 1.54) is 48.8 Å². The summed E-state index contributed by atoms with van der Waals surface area (Å²) >= 11 is 13.3. The molecule has 2 heterocycles. The van der Waals surface area contributed by atoms with E-state index in [1.807, 2.05) is 0 Å². The van der Waals surface area contributed by atoms with E-state index in [1.54, 1.807) is 14.1 Å². The summed E-state index contributed by atoms with van der Waals surface area (Å²) in [5.41, 5.74) is 1.26. The predicted octanol–water partition coefficient (Wildman–Crippen LogP) is 5.55. The van der Waals surface area contributed by atoms with Gasteiger partial charge in [-0.3, -0.25) is 14.4 Å². The van der Waals surface area contributed by atoms with Crippen molar-refractivity contribution in [3.63, 3.8) is 0 Å². The first kappa shape index (κ1) is 36.1. The molecule has 1 amide bonds. The number of Topliss-reactive ketones (excluding diaryl/α,β-unsaturated/α-hetero) is 1. The number of nitrogens with one attached hydrogen (secondary N) is 1. The van der Waals surface area contributed by atoms with Crippen molar-refractivity contribution in [3.8, 4) is 11.5 Å². The number of amides is 1. The number of anilines is 1. The molecule has 15 heteroatoms. The molecule has 0 spiro atoms. The molecule has 1 fully saturated rings. The monoisotopic (exact) mass is 842 g/mol. The molecular formula is C30H28Cl2F2N3O7Os-. The van der Waals surface area contributed by atoms with Gasteiger partial charge in [-0.2, -0.15) is 41.1 Å². The van der Waals surface area contributed by atoms with Gasteiger partial charge in [0.25, 0.3) is 5.91 Å². The van der Waals surface area contributed by atoms with Crippen LogP contribution in [-0.2, 0) is 42.8 Å². The first-order valence-corrected chi connectivity index (χ1v) is 15.2. The summed E-state index contributed by atoms with van der Waals surface area (Å²) in [7, 11) is 3.50. The molecule has 1 atom stereocenters. The summed E-state index contributed by atoms with van der Waals surface area (Å²) in [4.78, 5) is 41.9. The second kappa shape index (κ2) is 17.4. The van der Waals surface area contributed by atoms with Crippen LogP contribution in [0.25, 0.3) is 5.32 Å². The standard InChI is InChI=1S/C28H21Cl2F2N2O6.C2H6N.O.Os/c29-19-11-33-12-20(30)18(19)10-23(16-7-8-22(40-28(31)32)24(9-16)38-14-15-5-6-15)39-25(35)13-34-21-4-2-1-3-17(21)26(36)27(34)37;1-3-2;;/h2-4,7-9,11-12,15,23,28H,5-6,10,13-14H2;1-2H3;;/q2*-1;;/p+1/t23-;;;/m0.../s1. The summed E-state index contributed by atoms with van der Waals surface area (Å²) in [5.74, 6) is -2.20. The number of halogens is 4. The molecule has 1 N–H and O–H groups in total. The normalized spacial score (nSPS) is 14.1. The van der Waals surface area contributed by atoms with Gasteiger partial charge in [-0.25, -0.2) is 4.98 Å².